The standard InChI is InChI=1S/C25H21N5O3S/c1-16-10-12-18(13-11-16)33-24-23-28-29(15-22(31)26-17-6-5-7-19(14-17)34-2)25(32)30(23)21-9-4-3-8-20(21)27-24/h3-14H,15H2,1-2H3,(H,26,31). The molecule has 0 bridgehead atoms. The molecule has 8 nitrogen and oxygen atoms in total. The number of rotatable bonds is 6. The zero-order valence-electron chi connectivity index (χ0n) is 18.6. The Kier molecular flexibility index (Phi) is 5.77. The number of carbonyl (C=O) groups excluding carboxylic acids is 1. The number of benzene rings is 3. The molecule has 5 rings (SSSR count). The molecule has 3 aromatic carbocycles. The van der Waals surface area contributed by atoms with Gasteiger partial charge in [0.1, 0.15) is 12.3 Å². The summed E-state index contributed by atoms with van der Waals surface area (Å²) < 4.78 is 8.55. The number of aryl methyl sites for hydroxylation is 1. The van der Waals surface area contributed by atoms with Crippen LogP contribution < -0.4 is 15.7 Å². The Hall–Kier alpha value is -4.11. The molecule has 34 heavy (non-hydrogen) atoms. The average molecular weight is 472 g/mol. The number of hydrogen-bond donors (Lipinski definition) is 1. The van der Waals surface area contributed by atoms with E-state index in [1.807, 2.05) is 67.8 Å². The Morgan fingerprint density at radius 1 is 1.06 bits per heavy atom. The summed E-state index contributed by atoms with van der Waals surface area (Å²) in [4.78, 5) is 31.6. The second kappa shape index (κ2) is 9.03. The van der Waals surface area contributed by atoms with E-state index in [0.717, 1.165) is 15.1 Å². The second-order valence-corrected chi connectivity index (χ2v) is 8.58. The zero-order chi connectivity index (χ0) is 23.7. The van der Waals surface area contributed by atoms with Crippen molar-refractivity contribution in [3.05, 3.63) is 88.8 Å². The maximum absolute atomic E-state index is 13.3. The number of ether oxygens (including phenoxy) is 1. The lowest BCUT2D eigenvalue weighted by atomic mass is 10.2. The van der Waals surface area contributed by atoms with Crippen LogP contribution in [0.15, 0.2) is 82.5 Å². The number of nitrogens with zero attached hydrogens (tertiary/aromatic N) is 4. The molecule has 0 fully saturated rings. The highest BCUT2D eigenvalue weighted by molar-refractivity contribution is 7.98. The molecule has 2 heterocycles. The average Bonchev–Trinajstić information content (AvgIpc) is 3.17. The molecule has 5 aromatic rings. The van der Waals surface area contributed by atoms with Gasteiger partial charge in [0.2, 0.25) is 11.6 Å². The van der Waals surface area contributed by atoms with E-state index in [1.54, 1.807) is 30.0 Å². The normalized spacial score (nSPS) is 11.1. The van der Waals surface area contributed by atoms with E-state index in [2.05, 4.69) is 15.4 Å². The van der Waals surface area contributed by atoms with Gasteiger partial charge < -0.3 is 10.1 Å². The Bertz CT molecular complexity index is 1570. The van der Waals surface area contributed by atoms with Gasteiger partial charge in [0.05, 0.1) is 11.0 Å². The maximum atomic E-state index is 13.3. The molecule has 170 valence electrons. The fraction of sp³-hybridized carbons (Fsp3) is 0.120. The third kappa shape index (κ3) is 4.25. The van der Waals surface area contributed by atoms with Gasteiger partial charge >= 0.3 is 5.69 Å². The van der Waals surface area contributed by atoms with Crippen molar-refractivity contribution in [2.24, 2.45) is 0 Å². The summed E-state index contributed by atoms with van der Waals surface area (Å²) in [6.45, 7) is 1.74. The lowest BCUT2D eigenvalue weighted by molar-refractivity contribution is -0.117. The predicted molar refractivity (Wildman–Crippen MR) is 133 cm³/mol. The third-order valence-electron chi connectivity index (χ3n) is 5.26. The van der Waals surface area contributed by atoms with E-state index in [0.29, 0.717) is 22.5 Å². The molecular formula is C25H21N5O3S. The van der Waals surface area contributed by atoms with E-state index in [1.165, 1.54) is 4.40 Å². The van der Waals surface area contributed by atoms with Crippen molar-refractivity contribution in [3.63, 3.8) is 0 Å². The highest BCUT2D eigenvalue weighted by Crippen LogP contribution is 2.26. The van der Waals surface area contributed by atoms with E-state index >= 15 is 0 Å². The van der Waals surface area contributed by atoms with Crippen molar-refractivity contribution < 1.29 is 9.53 Å². The lowest BCUT2D eigenvalue weighted by Gasteiger charge is -2.07. The van der Waals surface area contributed by atoms with E-state index in [4.69, 9.17) is 4.74 Å². The van der Waals surface area contributed by atoms with Crippen LogP contribution in [-0.4, -0.2) is 31.3 Å². The number of para-hydroxylation sites is 2. The summed E-state index contributed by atoms with van der Waals surface area (Å²) in [7, 11) is 0. The first-order valence-electron chi connectivity index (χ1n) is 10.6. The quantitative estimate of drug-likeness (QED) is 0.367. The van der Waals surface area contributed by atoms with Crippen LogP contribution in [0.3, 0.4) is 0 Å². The summed E-state index contributed by atoms with van der Waals surface area (Å²) >= 11 is 1.58. The molecule has 0 aliphatic carbocycles. The van der Waals surface area contributed by atoms with Gasteiger partial charge in [-0.3, -0.25) is 4.79 Å². The van der Waals surface area contributed by atoms with Crippen molar-refractivity contribution >= 4 is 40.0 Å². The second-order valence-electron chi connectivity index (χ2n) is 7.70. The monoisotopic (exact) mass is 471 g/mol. The number of amides is 1. The largest absolute Gasteiger partial charge is 0.436 e. The lowest BCUT2D eigenvalue weighted by Crippen LogP contribution is -2.28. The van der Waals surface area contributed by atoms with Crippen LogP contribution >= 0.6 is 11.8 Å². The number of nitrogens with one attached hydrogen (secondary N) is 1. The van der Waals surface area contributed by atoms with Gasteiger partial charge in [-0.25, -0.2) is 18.9 Å². The fourth-order valence-corrected chi connectivity index (χ4v) is 4.06. The van der Waals surface area contributed by atoms with Crippen LogP contribution in [0.25, 0.3) is 16.7 Å². The number of hydrogen-bond acceptors (Lipinski definition) is 6. The van der Waals surface area contributed by atoms with Crippen molar-refractivity contribution in [1.29, 1.82) is 0 Å². The van der Waals surface area contributed by atoms with Gasteiger partial charge in [-0.1, -0.05) is 35.9 Å². The SMILES string of the molecule is CSc1cccc(NC(=O)Cn2nc3c(Oc4ccc(C)cc4)nc4ccccc4n3c2=O)c1. The van der Waals surface area contributed by atoms with Crippen molar-refractivity contribution in [3.8, 4) is 11.6 Å². The number of carbonyl (C=O) groups is 1. The highest BCUT2D eigenvalue weighted by atomic mass is 32.2. The van der Waals surface area contributed by atoms with E-state index in [9.17, 15) is 9.59 Å². The number of fused-ring (bicyclic) bond motifs is 3. The van der Waals surface area contributed by atoms with Crippen molar-refractivity contribution in [2.45, 2.75) is 18.4 Å². The Morgan fingerprint density at radius 3 is 2.65 bits per heavy atom. The van der Waals surface area contributed by atoms with E-state index in [-0.39, 0.29) is 24.0 Å². The maximum Gasteiger partial charge on any atom is 0.351 e. The van der Waals surface area contributed by atoms with Crippen LogP contribution in [0.4, 0.5) is 5.69 Å². The summed E-state index contributed by atoms with van der Waals surface area (Å²) in [5, 5.41) is 7.23. The van der Waals surface area contributed by atoms with Gasteiger partial charge in [0.15, 0.2) is 0 Å². The number of thioether (sulfide) groups is 1. The molecule has 0 saturated heterocycles. The van der Waals surface area contributed by atoms with Crippen LogP contribution in [0, 0.1) is 6.92 Å². The molecule has 0 spiro atoms. The highest BCUT2D eigenvalue weighted by Gasteiger charge is 2.19. The number of anilines is 1. The van der Waals surface area contributed by atoms with Gasteiger partial charge in [-0.15, -0.1) is 16.9 Å². The Labute approximate surface area is 199 Å². The van der Waals surface area contributed by atoms with Crippen LogP contribution in [0.5, 0.6) is 11.6 Å². The van der Waals surface area contributed by atoms with Gasteiger partial charge in [-0.05, 0) is 55.6 Å². The van der Waals surface area contributed by atoms with Gasteiger partial charge in [0.25, 0.3) is 5.88 Å². The summed E-state index contributed by atoms with van der Waals surface area (Å²) in [6, 6.07) is 22.2. The smallest absolute Gasteiger partial charge is 0.351 e. The molecule has 0 radical (unpaired) electrons. The van der Waals surface area contributed by atoms with Crippen LogP contribution in [0.2, 0.25) is 0 Å². The topological polar surface area (TPSA) is 90.5 Å². The number of aromatic nitrogens is 4. The van der Waals surface area contributed by atoms with Gasteiger partial charge in [0, 0.05) is 10.6 Å². The molecule has 2 aromatic heterocycles. The Balaban J connectivity index is 1.53. The minimum atomic E-state index is -0.449. The molecule has 9 heteroatoms. The minimum absolute atomic E-state index is 0.187. The Morgan fingerprint density at radius 2 is 1.85 bits per heavy atom. The third-order valence-corrected chi connectivity index (χ3v) is 5.98. The molecule has 0 aliphatic rings. The van der Waals surface area contributed by atoms with Gasteiger partial charge in [-0.2, -0.15) is 0 Å². The predicted octanol–water partition coefficient (Wildman–Crippen LogP) is 4.51. The summed E-state index contributed by atoms with van der Waals surface area (Å²) in [6.07, 6.45) is 1.96. The molecule has 0 aliphatic heterocycles. The summed E-state index contributed by atoms with van der Waals surface area (Å²) in [5.41, 5.74) is 2.70. The fourth-order valence-electron chi connectivity index (χ4n) is 3.60. The molecule has 0 saturated carbocycles. The van der Waals surface area contributed by atoms with Crippen molar-refractivity contribution in [1.82, 2.24) is 19.2 Å². The molecule has 0 atom stereocenters. The zero-order valence-corrected chi connectivity index (χ0v) is 19.4. The first kappa shape index (κ1) is 21.7. The first-order chi connectivity index (χ1) is 16.5. The first-order valence-corrected chi connectivity index (χ1v) is 11.8. The molecular weight excluding hydrogens is 450 g/mol. The van der Waals surface area contributed by atoms with E-state index < -0.39 is 5.69 Å². The molecule has 1 N–H and O–H groups in total. The van der Waals surface area contributed by atoms with Crippen LogP contribution in [0.1, 0.15) is 5.56 Å². The molecule has 0 unspecified atom stereocenters. The molecule has 1 amide bonds. The van der Waals surface area contributed by atoms with Crippen LogP contribution in [-0.2, 0) is 11.3 Å². The summed E-state index contributed by atoms with van der Waals surface area (Å²) in [5.74, 6) is 0.400. The van der Waals surface area contributed by atoms with Crippen molar-refractivity contribution in [2.75, 3.05) is 11.6 Å². The minimum Gasteiger partial charge on any atom is -0.436 e.